The second kappa shape index (κ2) is 9.31. The first kappa shape index (κ1) is 26.6. The number of alkyl halides is 3. The van der Waals surface area contributed by atoms with Gasteiger partial charge in [0.25, 0.3) is 17.7 Å². The van der Waals surface area contributed by atoms with Gasteiger partial charge in [-0.05, 0) is 61.4 Å². The molecule has 1 unspecified atom stereocenters. The summed E-state index contributed by atoms with van der Waals surface area (Å²) in [6, 6.07) is 6.08. The van der Waals surface area contributed by atoms with Crippen molar-refractivity contribution in [2.24, 2.45) is 0 Å². The minimum atomic E-state index is -4.93. The Morgan fingerprint density at radius 1 is 1.00 bits per heavy atom. The van der Waals surface area contributed by atoms with Crippen molar-refractivity contribution in [2.45, 2.75) is 30.7 Å². The van der Waals surface area contributed by atoms with E-state index in [0.29, 0.717) is 12.1 Å². The van der Waals surface area contributed by atoms with Crippen molar-refractivity contribution in [3.63, 3.8) is 0 Å². The van der Waals surface area contributed by atoms with E-state index in [1.807, 2.05) is 0 Å². The number of nitrogens with one attached hydrogen (secondary N) is 3. The minimum absolute atomic E-state index is 0.0225. The summed E-state index contributed by atoms with van der Waals surface area (Å²) in [7, 11) is 0. The number of aliphatic hydroxyl groups is 1. The maximum absolute atomic E-state index is 14.1. The molecule has 0 bridgehead atoms. The fourth-order valence-electron chi connectivity index (χ4n) is 4.25. The molecule has 0 aromatic heterocycles. The molecule has 202 valence electrons. The van der Waals surface area contributed by atoms with E-state index in [9.17, 15) is 41.4 Å². The summed E-state index contributed by atoms with van der Waals surface area (Å²) in [5.41, 5.74) is -3.69. The fourth-order valence-corrected chi connectivity index (χ4v) is 4.48. The zero-order valence-corrected chi connectivity index (χ0v) is 20.3. The summed E-state index contributed by atoms with van der Waals surface area (Å²) in [6.07, 6.45) is -4.49. The first-order valence-corrected chi connectivity index (χ1v) is 11.8. The van der Waals surface area contributed by atoms with Crippen molar-refractivity contribution in [1.29, 1.82) is 0 Å². The number of amides is 3. The van der Waals surface area contributed by atoms with Gasteiger partial charge in [0.1, 0.15) is 17.2 Å². The predicted octanol–water partition coefficient (Wildman–Crippen LogP) is 5.19. The third kappa shape index (κ3) is 5.17. The van der Waals surface area contributed by atoms with Gasteiger partial charge < -0.3 is 21.1 Å². The Hall–Kier alpha value is -4.03. The van der Waals surface area contributed by atoms with Crippen LogP contribution in [0.4, 0.5) is 33.3 Å². The lowest BCUT2D eigenvalue weighted by Gasteiger charge is -2.19. The van der Waals surface area contributed by atoms with E-state index in [0.717, 1.165) is 12.1 Å². The van der Waals surface area contributed by atoms with Gasteiger partial charge in [-0.3, -0.25) is 14.4 Å². The number of carbonyl (C=O) groups is 3. The average Bonchev–Trinajstić information content (AvgIpc) is 3.53. The standard InChI is InChI=1S/C26H17ClF5N3O4/c27-18-2-1-13(28)8-16(18)21-20-17(23(37)35-21)9-15(33-24(38)25(39)3-4-25)10-19(20)34-22(36)11-5-12(26(30,31)32)7-14(29)6-11/h1-2,5-10,21,39H,3-4H2,(H,33,38)(H,34,36)(H,35,37). The van der Waals surface area contributed by atoms with Gasteiger partial charge >= 0.3 is 6.18 Å². The normalized spacial score (nSPS) is 17.3. The first-order valence-electron chi connectivity index (χ1n) is 11.4. The molecule has 3 aromatic rings. The molecule has 1 fully saturated rings. The predicted molar refractivity (Wildman–Crippen MR) is 129 cm³/mol. The Labute approximate surface area is 222 Å². The van der Waals surface area contributed by atoms with E-state index in [1.165, 1.54) is 18.2 Å². The summed E-state index contributed by atoms with van der Waals surface area (Å²) >= 11 is 6.24. The van der Waals surface area contributed by atoms with Crippen LogP contribution in [0.3, 0.4) is 0 Å². The highest BCUT2D eigenvalue weighted by molar-refractivity contribution is 6.31. The third-order valence-electron chi connectivity index (χ3n) is 6.40. The van der Waals surface area contributed by atoms with Crippen LogP contribution in [0.2, 0.25) is 5.02 Å². The number of hydrogen-bond donors (Lipinski definition) is 4. The number of rotatable bonds is 5. The molecule has 2 aliphatic rings. The average molecular weight is 566 g/mol. The molecule has 1 aliphatic carbocycles. The summed E-state index contributed by atoms with van der Waals surface area (Å²) < 4.78 is 67.6. The minimum Gasteiger partial charge on any atom is -0.380 e. The number of hydrogen-bond acceptors (Lipinski definition) is 4. The highest BCUT2D eigenvalue weighted by Gasteiger charge is 2.48. The van der Waals surface area contributed by atoms with Crippen LogP contribution in [0, 0.1) is 11.6 Å². The van der Waals surface area contributed by atoms with Crippen LogP contribution in [-0.2, 0) is 11.0 Å². The molecule has 1 atom stereocenters. The molecule has 13 heteroatoms. The molecular formula is C26H17ClF5N3O4. The Kier molecular flexibility index (Phi) is 6.34. The van der Waals surface area contributed by atoms with E-state index in [2.05, 4.69) is 16.0 Å². The Balaban J connectivity index is 1.60. The molecule has 0 radical (unpaired) electrons. The quantitative estimate of drug-likeness (QED) is 0.320. The second-order valence-electron chi connectivity index (χ2n) is 9.22. The molecule has 0 saturated heterocycles. The monoisotopic (exact) mass is 565 g/mol. The largest absolute Gasteiger partial charge is 0.416 e. The maximum atomic E-state index is 14.1. The number of fused-ring (bicyclic) bond motifs is 1. The van der Waals surface area contributed by atoms with Crippen LogP contribution in [0.5, 0.6) is 0 Å². The number of halogens is 6. The Bertz CT molecular complexity index is 1560. The topological polar surface area (TPSA) is 108 Å². The lowest BCUT2D eigenvalue weighted by molar-refractivity contribution is -0.137. The molecule has 1 heterocycles. The molecule has 3 amide bonds. The van der Waals surface area contributed by atoms with Gasteiger partial charge in [-0.2, -0.15) is 13.2 Å². The third-order valence-corrected chi connectivity index (χ3v) is 6.74. The molecule has 39 heavy (non-hydrogen) atoms. The van der Waals surface area contributed by atoms with Gasteiger partial charge in [-0.25, -0.2) is 8.78 Å². The second-order valence-corrected chi connectivity index (χ2v) is 9.63. The SMILES string of the molecule is O=C(Nc1cc(NC(=O)C2(O)CC2)cc2c1C(c1cc(F)ccc1Cl)NC2=O)c1cc(F)cc(C(F)(F)F)c1. The zero-order chi connectivity index (χ0) is 28.3. The van der Waals surface area contributed by atoms with Crippen LogP contribution in [-0.4, -0.2) is 28.4 Å². The van der Waals surface area contributed by atoms with Gasteiger partial charge in [0.15, 0.2) is 0 Å². The van der Waals surface area contributed by atoms with Gasteiger partial charge in [0.2, 0.25) is 0 Å². The summed E-state index contributed by atoms with van der Waals surface area (Å²) in [5, 5.41) is 17.6. The Morgan fingerprint density at radius 3 is 2.38 bits per heavy atom. The molecule has 3 aromatic carbocycles. The van der Waals surface area contributed by atoms with Crippen molar-refractivity contribution in [2.75, 3.05) is 10.6 Å². The molecule has 4 N–H and O–H groups in total. The van der Waals surface area contributed by atoms with Crippen molar-refractivity contribution >= 4 is 40.7 Å². The van der Waals surface area contributed by atoms with Crippen LogP contribution >= 0.6 is 11.6 Å². The van der Waals surface area contributed by atoms with Crippen LogP contribution in [0.15, 0.2) is 48.5 Å². The number of benzene rings is 3. The van der Waals surface area contributed by atoms with Crippen LogP contribution in [0.1, 0.15) is 56.3 Å². The zero-order valence-electron chi connectivity index (χ0n) is 19.6. The van der Waals surface area contributed by atoms with Crippen molar-refractivity contribution in [3.05, 3.63) is 93.0 Å². The van der Waals surface area contributed by atoms with Crippen LogP contribution < -0.4 is 16.0 Å². The fraction of sp³-hybridized carbons (Fsp3) is 0.192. The maximum Gasteiger partial charge on any atom is 0.416 e. The highest BCUT2D eigenvalue weighted by Crippen LogP contribution is 2.42. The first-order chi connectivity index (χ1) is 18.2. The molecule has 1 aliphatic heterocycles. The van der Waals surface area contributed by atoms with E-state index in [4.69, 9.17) is 11.6 Å². The Morgan fingerprint density at radius 2 is 1.72 bits per heavy atom. The van der Waals surface area contributed by atoms with E-state index in [-0.39, 0.29) is 52.0 Å². The highest BCUT2D eigenvalue weighted by atomic mass is 35.5. The summed E-state index contributed by atoms with van der Waals surface area (Å²) in [6.45, 7) is 0. The molecule has 7 nitrogen and oxygen atoms in total. The molecule has 0 spiro atoms. The lowest BCUT2D eigenvalue weighted by atomic mass is 9.95. The van der Waals surface area contributed by atoms with E-state index in [1.54, 1.807) is 0 Å². The summed E-state index contributed by atoms with van der Waals surface area (Å²) in [4.78, 5) is 38.3. The van der Waals surface area contributed by atoms with Crippen LogP contribution in [0.25, 0.3) is 0 Å². The van der Waals surface area contributed by atoms with Gasteiger partial charge in [0.05, 0.1) is 11.6 Å². The number of anilines is 2. The van der Waals surface area contributed by atoms with E-state index < -0.39 is 58.3 Å². The summed E-state index contributed by atoms with van der Waals surface area (Å²) in [5.74, 6) is -4.58. The number of carbonyl (C=O) groups excluding carboxylic acids is 3. The smallest absolute Gasteiger partial charge is 0.380 e. The molecule has 1 saturated carbocycles. The molecular weight excluding hydrogens is 549 g/mol. The van der Waals surface area contributed by atoms with E-state index >= 15 is 0 Å². The van der Waals surface area contributed by atoms with Crippen molar-refractivity contribution < 1.29 is 41.4 Å². The van der Waals surface area contributed by atoms with Gasteiger partial charge in [0, 0.05) is 38.7 Å². The van der Waals surface area contributed by atoms with Crippen molar-refractivity contribution in [1.82, 2.24) is 5.32 Å². The lowest BCUT2D eigenvalue weighted by Crippen LogP contribution is -2.29. The van der Waals surface area contributed by atoms with Gasteiger partial charge in [-0.1, -0.05) is 11.6 Å². The van der Waals surface area contributed by atoms with Crippen molar-refractivity contribution in [3.8, 4) is 0 Å². The molecule has 5 rings (SSSR count). The van der Waals surface area contributed by atoms with Gasteiger partial charge in [-0.15, -0.1) is 0 Å².